The van der Waals surface area contributed by atoms with Crippen molar-refractivity contribution in [1.29, 1.82) is 0 Å². The number of methoxy groups -OCH3 is 1. The molecule has 1 unspecified atom stereocenters. The molecule has 1 atom stereocenters. The Hall–Kier alpha value is -2.20. The fraction of sp³-hybridized carbons (Fsp3) is 0.455. The number of rotatable bonds is 7. The highest BCUT2D eigenvalue weighted by molar-refractivity contribution is 5.54. The maximum Gasteiger partial charge on any atom is 0.164 e. The average Bonchev–Trinajstić information content (AvgIpc) is 2.67. The van der Waals surface area contributed by atoms with E-state index in [4.69, 9.17) is 14.2 Å². The van der Waals surface area contributed by atoms with Crippen LogP contribution in [0.4, 0.5) is 0 Å². The lowest BCUT2D eigenvalue weighted by Crippen LogP contribution is -2.31. The smallest absolute Gasteiger partial charge is 0.164 e. The van der Waals surface area contributed by atoms with E-state index in [1.54, 1.807) is 7.11 Å². The molecule has 0 fully saturated rings. The molecule has 1 aliphatic heterocycles. The van der Waals surface area contributed by atoms with Crippen molar-refractivity contribution < 1.29 is 14.2 Å². The Bertz CT molecular complexity index is 725. The van der Waals surface area contributed by atoms with Crippen molar-refractivity contribution in [3.63, 3.8) is 0 Å². The van der Waals surface area contributed by atoms with Crippen LogP contribution < -0.4 is 19.5 Å². The van der Waals surface area contributed by atoms with Crippen LogP contribution in [-0.2, 0) is 6.42 Å². The summed E-state index contributed by atoms with van der Waals surface area (Å²) in [5.41, 5.74) is 3.74. The molecule has 1 heterocycles. The molecule has 26 heavy (non-hydrogen) atoms. The fourth-order valence-electron chi connectivity index (χ4n) is 3.38. The SMILES string of the molecule is CCOc1c(OC)ccc2c1CCNC2c1ccc(OCC(C)C)cc1. The Morgan fingerprint density at radius 2 is 1.85 bits per heavy atom. The minimum absolute atomic E-state index is 0.156. The zero-order valence-corrected chi connectivity index (χ0v) is 16.2. The van der Waals surface area contributed by atoms with Gasteiger partial charge in [-0.2, -0.15) is 0 Å². The van der Waals surface area contributed by atoms with Crippen LogP contribution >= 0.6 is 0 Å². The molecular weight excluding hydrogens is 326 g/mol. The summed E-state index contributed by atoms with van der Waals surface area (Å²) in [6.45, 7) is 8.60. The highest BCUT2D eigenvalue weighted by Crippen LogP contribution is 2.40. The van der Waals surface area contributed by atoms with Gasteiger partial charge in [0.05, 0.1) is 26.4 Å². The van der Waals surface area contributed by atoms with Crippen molar-refractivity contribution in [2.75, 3.05) is 26.9 Å². The first kappa shape index (κ1) is 18.6. The second kappa shape index (κ2) is 8.45. The predicted molar refractivity (Wildman–Crippen MR) is 104 cm³/mol. The molecule has 0 saturated carbocycles. The molecule has 2 aromatic carbocycles. The lowest BCUT2D eigenvalue weighted by atomic mass is 9.89. The molecule has 0 aliphatic carbocycles. The van der Waals surface area contributed by atoms with Crippen LogP contribution in [-0.4, -0.2) is 26.9 Å². The first-order valence-electron chi connectivity index (χ1n) is 9.42. The van der Waals surface area contributed by atoms with Crippen molar-refractivity contribution in [1.82, 2.24) is 5.32 Å². The number of benzene rings is 2. The maximum atomic E-state index is 5.91. The molecule has 4 heteroatoms. The minimum Gasteiger partial charge on any atom is -0.493 e. The van der Waals surface area contributed by atoms with E-state index in [1.807, 2.05) is 13.0 Å². The Labute approximate surface area is 156 Å². The van der Waals surface area contributed by atoms with Gasteiger partial charge in [-0.25, -0.2) is 0 Å². The Morgan fingerprint density at radius 3 is 2.50 bits per heavy atom. The van der Waals surface area contributed by atoms with Crippen molar-refractivity contribution in [3.8, 4) is 17.2 Å². The third-order valence-electron chi connectivity index (χ3n) is 4.60. The summed E-state index contributed by atoms with van der Waals surface area (Å²) >= 11 is 0. The largest absolute Gasteiger partial charge is 0.493 e. The molecule has 3 rings (SSSR count). The number of hydrogen-bond donors (Lipinski definition) is 1. The molecule has 1 N–H and O–H groups in total. The van der Waals surface area contributed by atoms with Gasteiger partial charge < -0.3 is 19.5 Å². The van der Waals surface area contributed by atoms with E-state index in [0.29, 0.717) is 12.5 Å². The molecule has 0 spiro atoms. The Morgan fingerprint density at radius 1 is 1.08 bits per heavy atom. The van der Waals surface area contributed by atoms with E-state index in [9.17, 15) is 0 Å². The van der Waals surface area contributed by atoms with Gasteiger partial charge in [0.1, 0.15) is 5.75 Å². The van der Waals surface area contributed by atoms with Gasteiger partial charge >= 0.3 is 0 Å². The van der Waals surface area contributed by atoms with Gasteiger partial charge in [0, 0.05) is 12.1 Å². The molecule has 0 saturated heterocycles. The summed E-state index contributed by atoms with van der Waals surface area (Å²) in [7, 11) is 1.69. The molecule has 2 aromatic rings. The first-order chi connectivity index (χ1) is 12.6. The van der Waals surface area contributed by atoms with E-state index in [1.165, 1.54) is 16.7 Å². The second-order valence-electron chi connectivity index (χ2n) is 7.01. The molecule has 0 aromatic heterocycles. The van der Waals surface area contributed by atoms with E-state index in [0.717, 1.165) is 36.8 Å². The first-order valence-corrected chi connectivity index (χ1v) is 9.42. The molecule has 4 nitrogen and oxygen atoms in total. The second-order valence-corrected chi connectivity index (χ2v) is 7.01. The zero-order chi connectivity index (χ0) is 18.5. The van der Waals surface area contributed by atoms with Gasteiger partial charge in [-0.1, -0.05) is 32.0 Å². The van der Waals surface area contributed by atoms with Crippen molar-refractivity contribution >= 4 is 0 Å². The van der Waals surface area contributed by atoms with Crippen molar-refractivity contribution in [2.24, 2.45) is 5.92 Å². The average molecular weight is 355 g/mol. The van der Waals surface area contributed by atoms with Crippen LogP contribution in [0.25, 0.3) is 0 Å². The zero-order valence-electron chi connectivity index (χ0n) is 16.2. The summed E-state index contributed by atoms with van der Waals surface area (Å²) in [5, 5.41) is 3.63. The van der Waals surface area contributed by atoms with Crippen LogP contribution in [0.5, 0.6) is 17.2 Å². The molecule has 140 valence electrons. The van der Waals surface area contributed by atoms with Crippen LogP contribution in [0.3, 0.4) is 0 Å². The summed E-state index contributed by atoms with van der Waals surface area (Å²) in [4.78, 5) is 0. The normalized spacial score (nSPS) is 16.3. The van der Waals surface area contributed by atoms with Crippen LogP contribution in [0.1, 0.15) is 43.5 Å². The topological polar surface area (TPSA) is 39.7 Å². The lowest BCUT2D eigenvalue weighted by molar-refractivity contribution is 0.271. The summed E-state index contributed by atoms with van der Waals surface area (Å²) in [6.07, 6.45) is 0.938. The number of hydrogen-bond acceptors (Lipinski definition) is 4. The molecular formula is C22H29NO3. The number of fused-ring (bicyclic) bond motifs is 1. The van der Waals surface area contributed by atoms with Gasteiger partial charge in [-0.3, -0.25) is 0 Å². The Balaban J connectivity index is 1.88. The highest BCUT2D eigenvalue weighted by Gasteiger charge is 2.26. The van der Waals surface area contributed by atoms with Crippen molar-refractivity contribution in [2.45, 2.75) is 33.2 Å². The van der Waals surface area contributed by atoms with Crippen LogP contribution in [0.2, 0.25) is 0 Å². The van der Waals surface area contributed by atoms with E-state index >= 15 is 0 Å². The van der Waals surface area contributed by atoms with Gasteiger partial charge in [0.15, 0.2) is 11.5 Å². The maximum absolute atomic E-state index is 5.91. The summed E-state index contributed by atoms with van der Waals surface area (Å²) in [5.74, 6) is 3.14. The monoisotopic (exact) mass is 355 g/mol. The molecule has 0 bridgehead atoms. The predicted octanol–water partition coefficient (Wildman–Crippen LogP) is 4.36. The molecule has 0 radical (unpaired) electrons. The highest BCUT2D eigenvalue weighted by atomic mass is 16.5. The summed E-state index contributed by atoms with van der Waals surface area (Å²) < 4.78 is 17.2. The van der Waals surface area contributed by atoms with Gasteiger partial charge in [-0.15, -0.1) is 0 Å². The quantitative estimate of drug-likeness (QED) is 0.801. The minimum atomic E-state index is 0.156. The van der Waals surface area contributed by atoms with E-state index in [-0.39, 0.29) is 6.04 Å². The van der Waals surface area contributed by atoms with Crippen LogP contribution in [0.15, 0.2) is 36.4 Å². The number of nitrogens with one attached hydrogen (secondary N) is 1. The van der Waals surface area contributed by atoms with E-state index in [2.05, 4.69) is 49.5 Å². The van der Waals surface area contributed by atoms with Gasteiger partial charge in [-0.05, 0) is 48.6 Å². The Kier molecular flexibility index (Phi) is 6.04. The third kappa shape index (κ3) is 3.96. The standard InChI is InChI=1S/C22H29NO3/c1-5-25-22-19-12-13-23-21(18(19)10-11-20(22)24-4)16-6-8-17(9-7-16)26-14-15(2)3/h6-11,15,21,23H,5,12-14H2,1-4H3. The molecule has 1 aliphatic rings. The summed E-state index contributed by atoms with van der Waals surface area (Å²) in [6, 6.07) is 12.7. The lowest BCUT2D eigenvalue weighted by Gasteiger charge is -2.29. The third-order valence-corrected chi connectivity index (χ3v) is 4.60. The fourth-order valence-corrected chi connectivity index (χ4v) is 3.38. The molecule has 0 amide bonds. The van der Waals surface area contributed by atoms with Crippen molar-refractivity contribution in [3.05, 3.63) is 53.1 Å². The van der Waals surface area contributed by atoms with Gasteiger partial charge in [0.2, 0.25) is 0 Å². The van der Waals surface area contributed by atoms with Crippen LogP contribution in [0, 0.1) is 5.92 Å². The van der Waals surface area contributed by atoms with E-state index < -0.39 is 0 Å². The number of ether oxygens (including phenoxy) is 3. The van der Waals surface area contributed by atoms with Gasteiger partial charge in [0.25, 0.3) is 0 Å².